The first-order valence-electron chi connectivity index (χ1n) is 6.07. The van der Waals surface area contributed by atoms with Crippen LogP contribution in [-0.4, -0.2) is 16.1 Å². The minimum absolute atomic E-state index is 0.0170. The molecule has 0 saturated carbocycles. The van der Waals surface area contributed by atoms with Crippen molar-refractivity contribution in [3.05, 3.63) is 39.7 Å². The summed E-state index contributed by atoms with van der Waals surface area (Å²) in [6, 6.07) is 1.75. The Kier molecular flexibility index (Phi) is 4.34. The Morgan fingerprint density at radius 3 is 2.95 bits per heavy atom. The summed E-state index contributed by atoms with van der Waals surface area (Å²) in [6.45, 7) is 4.43. The largest absolute Gasteiger partial charge is 0.475 e. The average Bonchev–Trinajstić information content (AvgIpc) is 3.00. The van der Waals surface area contributed by atoms with Crippen LogP contribution in [-0.2, 0) is 6.54 Å². The molecule has 1 atom stereocenters. The van der Waals surface area contributed by atoms with Gasteiger partial charge in [0.1, 0.15) is 10.8 Å². The molecule has 1 unspecified atom stereocenters. The average molecular weight is 280 g/mol. The normalized spacial score (nSPS) is 12.5. The fourth-order valence-electron chi connectivity index (χ4n) is 1.85. The summed E-state index contributed by atoms with van der Waals surface area (Å²) in [5.74, 6) is -0.420. The maximum absolute atomic E-state index is 10.8. The van der Waals surface area contributed by atoms with E-state index in [1.165, 1.54) is 0 Å². The van der Waals surface area contributed by atoms with Gasteiger partial charge in [-0.2, -0.15) is 0 Å². The molecule has 6 heteroatoms. The Bertz CT molecular complexity index is 548. The minimum atomic E-state index is -1.04. The minimum Gasteiger partial charge on any atom is -0.475 e. The molecule has 0 aromatic carbocycles. The molecule has 0 aliphatic carbocycles. The van der Waals surface area contributed by atoms with Crippen molar-refractivity contribution in [3.63, 3.8) is 0 Å². The van der Waals surface area contributed by atoms with Crippen LogP contribution >= 0.6 is 11.3 Å². The predicted octanol–water partition coefficient (Wildman–Crippen LogP) is 2.98. The van der Waals surface area contributed by atoms with E-state index in [4.69, 9.17) is 9.52 Å². The van der Waals surface area contributed by atoms with E-state index in [-0.39, 0.29) is 11.8 Å². The summed E-state index contributed by atoms with van der Waals surface area (Å²) in [6.07, 6.45) is 2.71. The van der Waals surface area contributed by atoms with Crippen LogP contribution in [0.2, 0.25) is 0 Å². The Labute approximate surface area is 115 Å². The first-order valence-corrected chi connectivity index (χ1v) is 6.95. The number of hydrogen-bond donors (Lipinski definition) is 2. The van der Waals surface area contributed by atoms with Gasteiger partial charge >= 0.3 is 5.97 Å². The van der Waals surface area contributed by atoms with Crippen LogP contribution in [0, 0.1) is 6.92 Å². The second kappa shape index (κ2) is 5.99. The fourth-order valence-corrected chi connectivity index (χ4v) is 2.64. The van der Waals surface area contributed by atoms with Crippen LogP contribution in [0.5, 0.6) is 0 Å². The Balaban J connectivity index is 2.03. The molecule has 2 heterocycles. The van der Waals surface area contributed by atoms with E-state index in [1.54, 1.807) is 30.5 Å². The van der Waals surface area contributed by atoms with Gasteiger partial charge in [0, 0.05) is 23.7 Å². The van der Waals surface area contributed by atoms with Crippen molar-refractivity contribution >= 4 is 17.3 Å². The molecule has 102 valence electrons. The molecule has 0 amide bonds. The zero-order valence-corrected chi connectivity index (χ0v) is 11.7. The van der Waals surface area contributed by atoms with E-state index in [1.807, 2.05) is 5.38 Å². The molecule has 0 radical (unpaired) electrons. The Morgan fingerprint density at radius 2 is 2.42 bits per heavy atom. The number of thiazole rings is 1. The number of carboxylic acids is 1. The van der Waals surface area contributed by atoms with Gasteiger partial charge in [0.05, 0.1) is 6.04 Å². The Morgan fingerprint density at radius 1 is 1.63 bits per heavy atom. The van der Waals surface area contributed by atoms with Gasteiger partial charge in [0.15, 0.2) is 0 Å². The van der Waals surface area contributed by atoms with E-state index in [0.717, 1.165) is 17.0 Å². The van der Waals surface area contributed by atoms with Crippen molar-refractivity contribution in [3.8, 4) is 0 Å². The molecule has 2 N–H and O–H groups in total. The standard InChI is InChI=1S/C13H16N2O3S/c1-3-10(12-14-4-5-19-12)15-7-9-6-11(13(16)17)18-8(9)2/h4-6,10,15H,3,7H2,1-2H3,(H,16,17). The zero-order valence-electron chi connectivity index (χ0n) is 10.8. The fraction of sp³-hybridized carbons (Fsp3) is 0.385. The molecule has 0 aliphatic rings. The quantitative estimate of drug-likeness (QED) is 0.850. The lowest BCUT2D eigenvalue weighted by Gasteiger charge is -2.13. The zero-order chi connectivity index (χ0) is 13.8. The lowest BCUT2D eigenvalue weighted by Crippen LogP contribution is -2.20. The van der Waals surface area contributed by atoms with Crippen molar-refractivity contribution in [1.82, 2.24) is 10.3 Å². The molecule has 2 rings (SSSR count). The van der Waals surface area contributed by atoms with Crippen LogP contribution in [0.4, 0.5) is 0 Å². The maximum atomic E-state index is 10.8. The van der Waals surface area contributed by atoms with Gasteiger partial charge in [-0.15, -0.1) is 11.3 Å². The number of aromatic carboxylic acids is 1. The van der Waals surface area contributed by atoms with E-state index in [2.05, 4.69) is 17.2 Å². The third-order valence-corrected chi connectivity index (χ3v) is 3.82. The highest BCUT2D eigenvalue weighted by Gasteiger charge is 2.15. The number of carbonyl (C=O) groups is 1. The van der Waals surface area contributed by atoms with Gasteiger partial charge in [-0.1, -0.05) is 6.92 Å². The van der Waals surface area contributed by atoms with Gasteiger partial charge in [0.2, 0.25) is 5.76 Å². The van der Waals surface area contributed by atoms with Crippen LogP contribution in [0.15, 0.2) is 22.1 Å². The molecule has 2 aromatic heterocycles. The number of rotatable bonds is 6. The number of aromatic nitrogens is 1. The maximum Gasteiger partial charge on any atom is 0.371 e. The lowest BCUT2D eigenvalue weighted by molar-refractivity contribution is 0.0661. The smallest absolute Gasteiger partial charge is 0.371 e. The van der Waals surface area contributed by atoms with Crippen LogP contribution in [0.25, 0.3) is 0 Å². The van der Waals surface area contributed by atoms with Crippen molar-refractivity contribution in [2.24, 2.45) is 0 Å². The molecule has 0 spiro atoms. The van der Waals surface area contributed by atoms with Crippen molar-refractivity contribution < 1.29 is 14.3 Å². The molecular formula is C13H16N2O3S. The molecular weight excluding hydrogens is 264 g/mol. The molecule has 2 aromatic rings. The number of carboxylic acid groups (broad SMARTS) is 1. The summed E-state index contributed by atoms with van der Waals surface area (Å²) in [5.41, 5.74) is 0.868. The Hall–Kier alpha value is -1.66. The van der Waals surface area contributed by atoms with Crippen molar-refractivity contribution in [2.75, 3.05) is 0 Å². The van der Waals surface area contributed by atoms with Gasteiger partial charge in [-0.05, 0) is 19.4 Å². The SMILES string of the molecule is CCC(NCc1cc(C(=O)O)oc1C)c1nccs1. The third-order valence-electron chi connectivity index (χ3n) is 2.93. The van der Waals surface area contributed by atoms with E-state index in [9.17, 15) is 4.79 Å². The first kappa shape index (κ1) is 13.8. The van der Waals surface area contributed by atoms with Crippen molar-refractivity contribution in [1.29, 1.82) is 0 Å². The number of hydrogen-bond acceptors (Lipinski definition) is 5. The van der Waals surface area contributed by atoms with Crippen LogP contribution < -0.4 is 5.32 Å². The van der Waals surface area contributed by atoms with Gasteiger partial charge in [0.25, 0.3) is 0 Å². The number of furan rings is 1. The summed E-state index contributed by atoms with van der Waals surface area (Å²) < 4.78 is 5.18. The first-order chi connectivity index (χ1) is 9.11. The summed E-state index contributed by atoms with van der Waals surface area (Å²) in [7, 11) is 0. The highest BCUT2D eigenvalue weighted by molar-refractivity contribution is 7.09. The molecule has 19 heavy (non-hydrogen) atoms. The molecule has 5 nitrogen and oxygen atoms in total. The van der Waals surface area contributed by atoms with E-state index >= 15 is 0 Å². The van der Waals surface area contributed by atoms with Gasteiger partial charge < -0.3 is 14.8 Å². The van der Waals surface area contributed by atoms with E-state index in [0.29, 0.717) is 12.3 Å². The summed E-state index contributed by atoms with van der Waals surface area (Å²) >= 11 is 1.61. The second-order valence-corrected chi connectivity index (χ2v) is 5.14. The number of nitrogens with zero attached hydrogens (tertiary/aromatic N) is 1. The van der Waals surface area contributed by atoms with E-state index < -0.39 is 5.97 Å². The predicted molar refractivity (Wildman–Crippen MR) is 72.4 cm³/mol. The molecule has 0 aliphatic heterocycles. The molecule has 0 fully saturated rings. The molecule has 0 saturated heterocycles. The second-order valence-electron chi connectivity index (χ2n) is 4.21. The van der Waals surface area contributed by atoms with Gasteiger partial charge in [-0.25, -0.2) is 9.78 Å². The van der Waals surface area contributed by atoms with Crippen molar-refractivity contribution in [2.45, 2.75) is 32.9 Å². The topological polar surface area (TPSA) is 75.4 Å². The summed E-state index contributed by atoms with van der Waals surface area (Å²) in [4.78, 5) is 15.1. The lowest BCUT2D eigenvalue weighted by atomic mass is 10.2. The monoisotopic (exact) mass is 280 g/mol. The van der Waals surface area contributed by atoms with Gasteiger partial charge in [-0.3, -0.25) is 0 Å². The van der Waals surface area contributed by atoms with Crippen LogP contribution in [0.3, 0.4) is 0 Å². The number of aryl methyl sites for hydroxylation is 1. The molecule has 0 bridgehead atoms. The number of nitrogens with one attached hydrogen (secondary N) is 1. The highest BCUT2D eigenvalue weighted by Crippen LogP contribution is 2.21. The highest BCUT2D eigenvalue weighted by atomic mass is 32.1. The van der Waals surface area contributed by atoms with Crippen LogP contribution in [0.1, 0.15) is 46.3 Å². The third kappa shape index (κ3) is 3.21. The summed E-state index contributed by atoms with van der Waals surface area (Å²) in [5, 5.41) is 15.2.